The van der Waals surface area contributed by atoms with Crippen LogP contribution in [0.5, 0.6) is 0 Å². The van der Waals surface area contributed by atoms with Gasteiger partial charge in [0, 0.05) is 30.9 Å². The minimum absolute atomic E-state index is 0.00747. The molecular formula is C12H18BrN3O3. The zero-order valence-electron chi connectivity index (χ0n) is 10.8. The molecule has 7 heteroatoms. The Morgan fingerprint density at radius 1 is 1.53 bits per heavy atom. The normalized spacial score (nSPS) is 10.7. The average molecular weight is 332 g/mol. The molecule has 2 N–H and O–H groups in total. The summed E-state index contributed by atoms with van der Waals surface area (Å²) in [5, 5.41) is 11.6. The Morgan fingerprint density at radius 3 is 2.89 bits per heavy atom. The number of hydrogen-bond acceptors (Lipinski definition) is 5. The van der Waals surface area contributed by atoms with Crippen LogP contribution in [0.2, 0.25) is 0 Å². The molecule has 0 radical (unpaired) electrons. The van der Waals surface area contributed by atoms with Gasteiger partial charge in [0.2, 0.25) is 5.91 Å². The maximum atomic E-state index is 11.8. The second-order valence-electron chi connectivity index (χ2n) is 3.90. The largest absolute Gasteiger partial charge is 0.395 e. The zero-order valence-corrected chi connectivity index (χ0v) is 12.4. The van der Waals surface area contributed by atoms with Crippen LogP contribution < -0.4 is 5.32 Å². The molecule has 1 aromatic heterocycles. The second kappa shape index (κ2) is 8.98. The molecule has 0 atom stereocenters. The molecule has 1 rings (SSSR count). The first-order valence-corrected chi connectivity index (χ1v) is 6.68. The first-order valence-electron chi connectivity index (χ1n) is 5.89. The van der Waals surface area contributed by atoms with Crippen molar-refractivity contribution < 1.29 is 14.6 Å². The molecule has 0 aliphatic heterocycles. The zero-order chi connectivity index (χ0) is 14.1. The number of pyridine rings is 1. The van der Waals surface area contributed by atoms with Gasteiger partial charge in [0.25, 0.3) is 0 Å². The minimum Gasteiger partial charge on any atom is -0.395 e. The third-order valence-electron chi connectivity index (χ3n) is 2.39. The number of aliphatic hydroxyl groups is 1. The summed E-state index contributed by atoms with van der Waals surface area (Å²) < 4.78 is 5.81. The van der Waals surface area contributed by atoms with Gasteiger partial charge >= 0.3 is 0 Å². The van der Waals surface area contributed by atoms with E-state index >= 15 is 0 Å². The van der Waals surface area contributed by atoms with E-state index < -0.39 is 0 Å². The predicted molar refractivity (Wildman–Crippen MR) is 76.0 cm³/mol. The molecule has 0 spiro atoms. The molecule has 0 bridgehead atoms. The van der Waals surface area contributed by atoms with Crippen molar-refractivity contribution >= 4 is 27.7 Å². The van der Waals surface area contributed by atoms with Gasteiger partial charge in [-0.2, -0.15) is 0 Å². The average Bonchev–Trinajstić information content (AvgIpc) is 2.39. The summed E-state index contributed by atoms with van der Waals surface area (Å²) in [5.41, 5.74) is 0. The van der Waals surface area contributed by atoms with Crippen molar-refractivity contribution in [3.63, 3.8) is 0 Å². The topological polar surface area (TPSA) is 74.7 Å². The van der Waals surface area contributed by atoms with Crippen molar-refractivity contribution in [3.05, 3.63) is 22.8 Å². The molecule has 1 heterocycles. The fourth-order valence-electron chi connectivity index (χ4n) is 1.47. The van der Waals surface area contributed by atoms with Gasteiger partial charge in [-0.05, 0) is 28.1 Å². The lowest BCUT2D eigenvalue weighted by molar-refractivity contribution is -0.117. The van der Waals surface area contributed by atoms with Crippen molar-refractivity contribution in [3.8, 4) is 0 Å². The first-order chi connectivity index (χ1) is 9.15. The van der Waals surface area contributed by atoms with Gasteiger partial charge in [-0.3, -0.25) is 9.69 Å². The van der Waals surface area contributed by atoms with Crippen LogP contribution >= 0.6 is 15.9 Å². The van der Waals surface area contributed by atoms with Crippen LogP contribution in [0.3, 0.4) is 0 Å². The Kier molecular flexibility index (Phi) is 7.57. The van der Waals surface area contributed by atoms with Crippen LogP contribution in [0.25, 0.3) is 0 Å². The van der Waals surface area contributed by atoms with Crippen molar-refractivity contribution in [2.45, 2.75) is 0 Å². The molecule has 1 amide bonds. The van der Waals surface area contributed by atoms with Gasteiger partial charge in [-0.1, -0.05) is 0 Å². The SMILES string of the molecule is COCCN(CCO)CC(=O)Nc1ccc(Br)cn1. The summed E-state index contributed by atoms with van der Waals surface area (Å²) in [7, 11) is 1.60. The van der Waals surface area contributed by atoms with Crippen molar-refractivity contribution in [2.75, 3.05) is 45.3 Å². The smallest absolute Gasteiger partial charge is 0.239 e. The molecule has 0 saturated carbocycles. The van der Waals surface area contributed by atoms with E-state index in [-0.39, 0.29) is 19.1 Å². The first kappa shape index (κ1) is 16.0. The Balaban J connectivity index is 2.45. The summed E-state index contributed by atoms with van der Waals surface area (Å²) in [6.07, 6.45) is 1.62. The van der Waals surface area contributed by atoms with E-state index in [2.05, 4.69) is 26.2 Å². The fourth-order valence-corrected chi connectivity index (χ4v) is 1.70. The number of hydrogen-bond donors (Lipinski definition) is 2. The third kappa shape index (κ3) is 6.63. The molecule has 0 aromatic carbocycles. The highest BCUT2D eigenvalue weighted by molar-refractivity contribution is 9.10. The summed E-state index contributed by atoms with van der Waals surface area (Å²) in [5.74, 6) is 0.336. The maximum Gasteiger partial charge on any atom is 0.239 e. The lowest BCUT2D eigenvalue weighted by Gasteiger charge is -2.19. The molecule has 0 unspecified atom stereocenters. The van der Waals surface area contributed by atoms with E-state index in [0.29, 0.717) is 25.5 Å². The Morgan fingerprint density at radius 2 is 2.32 bits per heavy atom. The number of rotatable bonds is 8. The highest BCUT2D eigenvalue weighted by Gasteiger charge is 2.10. The van der Waals surface area contributed by atoms with Crippen LogP contribution in [0.15, 0.2) is 22.8 Å². The summed E-state index contributed by atoms with van der Waals surface area (Å²) in [4.78, 5) is 17.7. The summed E-state index contributed by atoms with van der Waals surface area (Å²) in [6.45, 7) is 1.75. The molecule has 106 valence electrons. The minimum atomic E-state index is -0.167. The van der Waals surface area contributed by atoms with Gasteiger partial charge in [0.15, 0.2) is 0 Å². The molecule has 0 aliphatic carbocycles. The van der Waals surface area contributed by atoms with Crippen LogP contribution in [0, 0.1) is 0 Å². The van der Waals surface area contributed by atoms with Crippen LogP contribution in [0.1, 0.15) is 0 Å². The van der Waals surface area contributed by atoms with E-state index in [1.165, 1.54) is 0 Å². The molecule has 0 fully saturated rings. The highest BCUT2D eigenvalue weighted by Crippen LogP contribution is 2.10. The molecule has 6 nitrogen and oxygen atoms in total. The molecular weight excluding hydrogens is 314 g/mol. The van der Waals surface area contributed by atoms with Gasteiger partial charge in [0.1, 0.15) is 5.82 Å². The number of nitrogens with zero attached hydrogens (tertiary/aromatic N) is 2. The van der Waals surface area contributed by atoms with Gasteiger partial charge in [0.05, 0.1) is 19.8 Å². The van der Waals surface area contributed by atoms with E-state index in [9.17, 15) is 4.79 Å². The number of carbonyl (C=O) groups excluding carboxylic acids is 1. The Hall–Kier alpha value is -1.02. The van der Waals surface area contributed by atoms with Crippen molar-refractivity contribution in [1.29, 1.82) is 0 Å². The van der Waals surface area contributed by atoms with Gasteiger partial charge < -0.3 is 15.2 Å². The standard InChI is InChI=1S/C12H18BrN3O3/c1-19-7-5-16(4-6-17)9-12(18)15-11-3-2-10(13)8-14-11/h2-3,8,17H,4-7,9H2,1H3,(H,14,15,18). The van der Waals surface area contributed by atoms with Crippen molar-refractivity contribution in [2.24, 2.45) is 0 Å². The summed E-state index contributed by atoms with van der Waals surface area (Å²) in [6, 6.07) is 3.52. The Bertz CT molecular complexity index is 386. The van der Waals surface area contributed by atoms with Crippen molar-refractivity contribution in [1.82, 2.24) is 9.88 Å². The van der Waals surface area contributed by atoms with Crippen LogP contribution in [-0.2, 0) is 9.53 Å². The number of amides is 1. The fraction of sp³-hybridized carbons (Fsp3) is 0.500. The van der Waals surface area contributed by atoms with Crippen LogP contribution in [-0.4, -0.2) is 60.9 Å². The molecule has 1 aromatic rings. The molecule has 0 aliphatic rings. The number of aromatic nitrogens is 1. The number of halogens is 1. The lowest BCUT2D eigenvalue weighted by Crippen LogP contribution is -2.37. The van der Waals surface area contributed by atoms with E-state index in [4.69, 9.17) is 9.84 Å². The van der Waals surface area contributed by atoms with E-state index in [0.717, 1.165) is 4.47 Å². The quantitative estimate of drug-likeness (QED) is 0.734. The van der Waals surface area contributed by atoms with E-state index in [1.54, 1.807) is 25.4 Å². The lowest BCUT2D eigenvalue weighted by atomic mass is 10.4. The maximum absolute atomic E-state index is 11.8. The third-order valence-corrected chi connectivity index (χ3v) is 2.86. The monoisotopic (exact) mass is 331 g/mol. The number of methoxy groups -OCH3 is 1. The number of nitrogens with one attached hydrogen (secondary N) is 1. The predicted octanol–water partition coefficient (Wildman–Crippen LogP) is 0.723. The highest BCUT2D eigenvalue weighted by atomic mass is 79.9. The van der Waals surface area contributed by atoms with Gasteiger partial charge in [-0.25, -0.2) is 4.98 Å². The van der Waals surface area contributed by atoms with Gasteiger partial charge in [-0.15, -0.1) is 0 Å². The van der Waals surface area contributed by atoms with Crippen LogP contribution in [0.4, 0.5) is 5.82 Å². The molecule has 19 heavy (non-hydrogen) atoms. The van der Waals surface area contributed by atoms with E-state index in [1.807, 2.05) is 4.90 Å². The molecule has 0 saturated heterocycles. The summed E-state index contributed by atoms with van der Waals surface area (Å²) >= 11 is 3.28. The second-order valence-corrected chi connectivity index (χ2v) is 4.82. The number of ether oxygens (including phenoxy) is 1. The number of carbonyl (C=O) groups is 1. The Labute approximate surface area is 120 Å². The number of aliphatic hydroxyl groups excluding tert-OH is 1. The number of anilines is 1.